The van der Waals surface area contributed by atoms with E-state index < -0.39 is 5.60 Å². The first-order valence-corrected chi connectivity index (χ1v) is 15.2. The first-order valence-electron chi connectivity index (χ1n) is 15.2. The van der Waals surface area contributed by atoms with Crippen molar-refractivity contribution in [1.29, 1.82) is 0 Å². The predicted molar refractivity (Wildman–Crippen MR) is 156 cm³/mol. The lowest BCUT2D eigenvalue weighted by Gasteiger charge is -2.42. The summed E-state index contributed by atoms with van der Waals surface area (Å²) in [5, 5.41) is 0. The van der Waals surface area contributed by atoms with Crippen LogP contribution in [0.3, 0.4) is 0 Å². The number of amides is 2. The van der Waals surface area contributed by atoms with Gasteiger partial charge in [-0.25, -0.2) is 4.79 Å². The van der Waals surface area contributed by atoms with Crippen molar-refractivity contribution in [2.24, 2.45) is 11.8 Å². The van der Waals surface area contributed by atoms with E-state index >= 15 is 0 Å². The Morgan fingerprint density at radius 1 is 1.00 bits per heavy atom. The van der Waals surface area contributed by atoms with Crippen molar-refractivity contribution >= 4 is 17.6 Å². The normalized spacial score (nSPS) is 23.6. The largest absolute Gasteiger partial charge is 0.493 e. The summed E-state index contributed by atoms with van der Waals surface area (Å²) < 4.78 is 17.7. The lowest BCUT2D eigenvalue weighted by Crippen LogP contribution is -2.49. The van der Waals surface area contributed by atoms with Crippen LogP contribution in [-0.2, 0) is 14.3 Å². The van der Waals surface area contributed by atoms with Crippen molar-refractivity contribution in [2.75, 3.05) is 39.4 Å². The van der Waals surface area contributed by atoms with E-state index in [0.29, 0.717) is 31.5 Å². The highest BCUT2D eigenvalue weighted by Gasteiger charge is 2.37. The van der Waals surface area contributed by atoms with Crippen molar-refractivity contribution in [3.63, 3.8) is 0 Å². The van der Waals surface area contributed by atoms with E-state index in [1.807, 2.05) is 20.8 Å². The molecule has 0 saturated carbocycles. The van der Waals surface area contributed by atoms with E-state index in [2.05, 4.69) is 47.4 Å². The molecular weight excluding hydrogens is 504 g/mol. The van der Waals surface area contributed by atoms with Gasteiger partial charge in [-0.3, -0.25) is 4.79 Å². The minimum Gasteiger partial charge on any atom is -0.493 e. The Hall–Kier alpha value is -2.80. The highest BCUT2D eigenvalue weighted by Crippen LogP contribution is 2.35. The van der Waals surface area contributed by atoms with Crippen molar-refractivity contribution in [3.8, 4) is 5.75 Å². The summed E-state index contributed by atoms with van der Waals surface area (Å²) in [6, 6.07) is 8.37. The molecule has 4 aliphatic rings. The van der Waals surface area contributed by atoms with Gasteiger partial charge in [0.2, 0.25) is 5.91 Å². The van der Waals surface area contributed by atoms with Gasteiger partial charge < -0.3 is 24.0 Å². The Bertz CT molecular complexity index is 1090. The standard InChI is InChI=1S/C33H46N2O5/c1-32(2,3)40-31(37)35-19-14-25(15-20-35)24-38-29-12-10-27(11-13-29)26-6-8-28(9-7-26)30(36)34-21-17-33(18-22-34)16-4-5-23-39-33/h4,6,10-13,16,25,28H,5,7-9,14-15,17-24H2,1-3H3. The van der Waals surface area contributed by atoms with Crippen LogP contribution >= 0.6 is 0 Å². The zero-order valence-electron chi connectivity index (χ0n) is 24.5. The quantitative estimate of drug-likeness (QED) is 0.407. The summed E-state index contributed by atoms with van der Waals surface area (Å²) in [5.41, 5.74) is 1.94. The van der Waals surface area contributed by atoms with Crippen LogP contribution in [0.4, 0.5) is 4.79 Å². The van der Waals surface area contributed by atoms with Crippen LogP contribution in [0.5, 0.6) is 5.75 Å². The Labute approximate surface area is 239 Å². The minimum atomic E-state index is -0.463. The van der Waals surface area contributed by atoms with E-state index in [1.54, 1.807) is 4.90 Å². The summed E-state index contributed by atoms with van der Waals surface area (Å²) in [5.74, 6) is 1.71. The maximum atomic E-state index is 13.2. The first kappa shape index (κ1) is 28.7. The average Bonchev–Trinajstić information content (AvgIpc) is 2.96. The summed E-state index contributed by atoms with van der Waals surface area (Å²) in [4.78, 5) is 29.4. The first-order chi connectivity index (χ1) is 19.2. The SMILES string of the molecule is CC(C)(C)OC(=O)N1CCC(COc2ccc(C3=CCC(C(=O)N4CCC5(C=CCCO5)CC4)CC3)cc2)CC1. The van der Waals surface area contributed by atoms with Gasteiger partial charge in [0.25, 0.3) is 0 Å². The number of carbonyl (C=O) groups excluding carboxylic acids is 2. The fraction of sp³-hybridized carbons (Fsp3) is 0.636. The van der Waals surface area contributed by atoms with Gasteiger partial charge in [-0.15, -0.1) is 0 Å². The van der Waals surface area contributed by atoms with Gasteiger partial charge in [0.15, 0.2) is 0 Å². The number of allylic oxidation sites excluding steroid dienone is 2. The predicted octanol–water partition coefficient (Wildman–Crippen LogP) is 6.23. The number of benzene rings is 1. The second kappa shape index (κ2) is 12.4. The molecule has 2 saturated heterocycles. The zero-order valence-corrected chi connectivity index (χ0v) is 24.5. The van der Waals surface area contributed by atoms with Gasteiger partial charge in [0.1, 0.15) is 11.4 Å². The molecule has 1 spiro atoms. The molecule has 1 atom stereocenters. The molecule has 40 heavy (non-hydrogen) atoms. The van der Waals surface area contributed by atoms with E-state index in [1.165, 1.54) is 11.1 Å². The molecule has 2 amide bonds. The van der Waals surface area contributed by atoms with Crippen LogP contribution in [0, 0.1) is 11.8 Å². The smallest absolute Gasteiger partial charge is 0.410 e. The molecule has 7 heteroatoms. The molecule has 0 radical (unpaired) electrons. The van der Waals surface area contributed by atoms with E-state index in [0.717, 1.165) is 76.8 Å². The van der Waals surface area contributed by atoms with Crippen LogP contribution in [-0.4, -0.2) is 72.4 Å². The van der Waals surface area contributed by atoms with E-state index in [-0.39, 0.29) is 17.6 Å². The molecule has 218 valence electrons. The van der Waals surface area contributed by atoms with Crippen LogP contribution < -0.4 is 4.74 Å². The summed E-state index contributed by atoms with van der Waals surface area (Å²) in [6.07, 6.45) is 13.8. The van der Waals surface area contributed by atoms with Gasteiger partial charge in [-0.1, -0.05) is 30.4 Å². The van der Waals surface area contributed by atoms with Crippen molar-refractivity contribution in [3.05, 3.63) is 48.1 Å². The molecule has 3 heterocycles. The van der Waals surface area contributed by atoms with Gasteiger partial charge in [-0.05, 0) is 101 Å². The third-order valence-electron chi connectivity index (χ3n) is 8.75. The molecular formula is C33H46N2O5. The molecule has 2 fully saturated rings. The molecule has 7 nitrogen and oxygen atoms in total. The third kappa shape index (κ3) is 7.28. The molecule has 1 unspecified atom stereocenters. The zero-order chi connectivity index (χ0) is 28.2. The maximum Gasteiger partial charge on any atom is 0.410 e. The molecule has 0 bridgehead atoms. The molecule has 1 aliphatic carbocycles. The molecule has 5 rings (SSSR count). The lowest BCUT2D eigenvalue weighted by atomic mass is 9.84. The highest BCUT2D eigenvalue weighted by atomic mass is 16.6. The fourth-order valence-electron chi connectivity index (χ4n) is 6.26. The van der Waals surface area contributed by atoms with Gasteiger partial charge in [0.05, 0.1) is 18.8 Å². The molecule has 0 aromatic heterocycles. The number of carbonyl (C=O) groups is 2. The fourth-order valence-corrected chi connectivity index (χ4v) is 6.26. The number of hydrogen-bond acceptors (Lipinski definition) is 5. The number of ether oxygens (including phenoxy) is 3. The Morgan fingerprint density at radius 3 is 2.33 bits per heavy atom. The van der Waals surface area contributed by atoms with Gasteiger partial charge >= 0.3 is 6.09 Å². The number of rotatable bonds is 5. The number of piperidine rings is 2. The monoisotopic (exact) mass is 550 g/mol. The molecule has 3 aliphatic heterocycles. The summed E-state index contributed by atoms with van der Waals surface area (Å²) in [7, 11) is 0. The van der Waals surface area contributed by atoms with E-state index in [9.17, 15) is 9.59 Å². The number of nitrogens with zero attached hydrogens (tertiary/aromatic N) is 2. The highest BCUT2D eigenvalue weighted by molar-refractivity contribution is 5.81. The Kier molecular flexibility index (Phi) is 8.89. The van der Waals surface area contributed by atoms with E-state index in [4.69, 9.17) is 14.2 Å². The second-order valence-corrected chi connectivity index (χ2v) is 12.9. The van der Waals surface area contributed by atoms with Crippen LogP contribution in [0.15, 0.2) is 42.5 Å². The number of likely N-dealkylation sites (tertiary alicyclic amines) is 2. The van der Waals surface area contributed by atoms with Crippen LogP contribution in [0.2, 0.25) is 0 Å². The van der Waals surface area contributed by atoms with Gasteiger partial charge in [-0.2, -0.15) is 0 Å². The Balaban J connectivity index is 1.04. The van der Waals surface area contributed by atoms with Crippen molar-refractivity contribution in [2.45, 2.75) is 83.3 Å². The molecule has 1 aromatic carbocycles. The Morgan fingerprint density at radius 2 is 1.73 bits per heavy atom. The van der Waals surface area contributed by atoms with Gasteiger partial charge in [0, 0.05) is 32.1 Å². The second-order valence-electron chi connectivity index (χ2n) is 12.9. The lowest BCUT2D eigenvalue weighted by molar-refractivity contribution is -0.140. The van der Waals surface area contributed by atoms with Crippen LogP contribution in [0.1, 0.15) is 77.7 Å². The topological polar surface area (TPSA) is 68.3 Å². The maximum absolute atomic E-state index is 13.2. The minimum absolute atomic E-state index is 0.0879. The summed E-state index contributed by atoms with van der Waals surface area (Å²) in [6.45, 7) is 10.2. The number of hydrogen-bond donors (Lipinski definition) is 0. The molecule has 1 aromatic rings. The summed E-state index contributed by atoms with van der Waals surface area (Å²) >= 11 is 0. The van der Waals surface area contributed by atoms with Crippen molar-refractivity contribution in [1.82, 2.24) is 9.80 Å². The third-order valence-corrected chi connectivity index (χ3v) is 8.75. The van der Waals surface area contributed by atoms with Crippen molar-refractivity contribution < 1.29 is 23.8 Å². The average molecular weight is 551 g/mol. The molecule has 0 N–H and O–H groups in total. The van der Waals surface area contributed by atoms with Crippen LogP contribution in [0.25, 0.3) is 5.57 Å².